The van der Waals surface area contributed by atoms with Crippen molar-refractivity contribution in [1.29, 1.82) is 0 Å². The molecule has 1 heterocycles. The van der Waals surface area contributed by atoms with Gasteiger partial charge in [-0.1, -0.05) is 29.8 Å². The van der Waals surface area contributed by atoms with E-state index in [4.69, 9.17) is 22.3 Å². The molecule has 0 radical (unpaired) electrons. The average Bonchev–Trinajstić information content (AvgIpc) is 2.85. The monoisotopic (exact) mass is 327 g/mol. The summed E-state index contributed by atoms with van der Waals surface area (Å²) < 4.78 is 2.28. The number of rotatable bonds is 5. The van der Waals surface area contributed by atoms with Crippen LogP contribution >= 0.6 is 11.6 Å². The van der Waals surface area contributed by atoms with Gasteiger partial charge < -0.3 is 10.3 Å². The standard InChI is InChI=1S/C19H22ClN3/c1-13-10-17-18(11-14(13)2)23(19(22-17)8-5-9-21)12-15-6-3-4-7-16(15)20/h3-4,6-7,10-11H,5,8-9,12,21H2,1-2H3. The van der Waals surface area contributed by atoms with Gasteiger partial charge in [-0.15, -0.1) is 0 Å². The van der Waals surface area contributed by atoms with Crippen LogP contribution in [0.2, 0.25) is 5.02 Å². The SMILES string of the molecule is Cc1cc2nc(CCCN)n(Cc3ccccc3Cl)c2cc1C. The van der Waals surface area contributed by atoms with E-state index in [-0.39, 0.29) is 0 Å². The van der Waals surface area contributed by atoms with Crippen LogP contribution in [0.1, 0.15) is 28.9 Å². The Labute approximate surface area is 142 Å². The Kier molecular flexibility index (Phi) is 4.69. The highest BCUT2D eigenvalue weighted by molar-refractivity contribution is 6.31. The van der Waals surface area contributed by atoms with Crippen LogP contribution in [0.4, 0.5) is 0 Å². The van der Waals surface area contributed by atoms with Gasteiger partial charge in [-0.2, -0.15) is 0 Å². The Hall–Kier alpha value is -1.84. The van der Waals surface area contributed by atoms with E-state index in [1.54, 1.807) is 0 Å². The van der Waals surface area contributed by atoms with E-state index in [0.717, 1.165) is 41.3 Å². The van der Waals surface area contributed by atoms with Gasteiger partial charge >= 0.3 is 0 Å². The van der Waals surface area contributed by atoms with E-state index in [1.807, 2.05) is 18.2 Å². The second kappa shape index (κ2) is 6.73. The molecule has 0 atom stereocenters. The molecule has 2 N–H and O–H groups in total. The van der Waals surface area contributed by atoms with Crippen LogP contribution in [-0.4, -0.2) is 16.1 Å². The van der Waals surface area contributed by atoms with Gasteiger partial charge in [0.15, 0.2) is 0 Å². The minimum Gasteiger partial charge on any atom is -0.330 e. The first-order valence-electron chi connectivity index (χ1n) is 8.00. The molecule has 3 rings (SSSR count). The summed E-state index contributed by atoms with van der Waals surface area (Å²) in [5.41, 5.74) is 11.6. The minimum atomic E-state index is 0.674. The summed E-state index contributed by atoms with van der Waals surface area (Å²) in [4.78, 5) is 4.84. The lowest BCUT2D eigenvalue weighted by Crippen LogP contribution is -2.08. The van der Waals surface area contributed by atoms with Crippen molar-refractivity contribution in [1.82, 2.24) is 9.55 Å². The highest BCUT2D eigenvalue weighted by Crippen LogP contribution is 2.24. The molecule has 0 aliphatic carbocycles. The predicted molar refractivity (Wildman–Crippen MR) is 97.1 cm³/mol. The number of hydrogen-bond donors (Lipinski definition) is 1. The van der Waals surface area contributed by atoms with Crippen molar-refractivity contribution in [3.8, 4) is 0 Å². The molecule has 0 unspecified atom stereocenters. The second-order valence-corrected chi connectivity index (χ2v) is 6.43. The van der Waals surface area contributed by atoms with Crippen LogP contribution in [0, 0.1) is 13.8 Å². The van der Waals surface area contributed by atoms with Crippen molar-refractivity contribution in [2.24, 2.45) is 5.73 Å². The lowest BCUT2D eigenvalue weighted by molar-refractivity contribution is 0.703. The van der Waals surface area contributed by atoms with Crippen molar-refractivity contribution in [2.75, 3.05) is 6.54 Å². The lowest BCUT2D eigenvalue weighted by Gasteiger charge is -2.11. The molecule has 0 spiro atoms. The maximum absolute atomic E-state index is 6.35. The molecule has 3 aromatic rings. The van der Waals surface area contributed by atoms with E-state index in [1.165, 1.54) is 16.6 Å². The Morgan fingerprint density at radius 1 is 1.13 bits per heavy atom. The van der Waals surface area contributed by atoms with Crippen LogP contribution in [0.3, 0.4) is 0 Å². The highest BCUT2D eigenvalue weighted by atomic mass is 35.5. The van der Waals surface area contributed by atoms with E-state index < -0.39 is 0 Å². The first kappa shape index (κ1) is 16.0. The summed E-state index contributed by atoms with van der Waals surface area (Å²) in [5.74, 6) is 1.08. The molecule has 0 fully saturated rings. The Balaban J connectivity index is 2.11. The summed E-state index contributed by atoms with van der Waals surface area (Å²) >= 11 is 6.35. The largest absolute Gasteiger partial charge is 0.330 e. The zero-order chi connectivity index (χ0) is 16.4. The maximum Gasteiger partial charge on any atom is 0.110 e. The molecule has 3 nitrogen and oxygen atoms in total. The van der Waals surface area contributed by atoms with Gasteiger partial charge in [0.2, 0.25) is 0 Å². The van der Waals surface area contributed by atoms with E-state index in [0.29, 0.717) is 6.54 Å². The van der Waals surface area contributed by atoms with Crippen molar-refractivity contribution < 1.29 is 0 Å². The molecule has 0 saturated carbocycles. The fraction of sp³-hybridized carbons (Fsp3) is 0.316. The zero-order valence-corrected chi connectivity index (χ0v) is 14.4. The number of hydrogen-bond acceptors (Lipinski definition) is 2. The van der Waals surface area contributed by atoms with Crippen LogP contribution in [0.15, 0.2) is 36.4 Å². The number of aromatic nitrogens is 2. The molecule has 0 aliphatic heterocycles. The number of halogens is 1. The Bertz CT molecular complexity index is 836. The van der Waals surface area contributed by atoms with Crippen molar-refractivity contribution in [3.63, 3.8) is 0 Å². The van der Waals surface area contributed by atoms with Gasteiger partial charge in [0.05, 0.1) is 17.6 Å². The molecule has 0 bridgehead atoms. The molecule has 0 aliphatic rings. The van der Waals surface area contributed by atoms with Gasteiger partial charge in [-0.25, -0.2) is 4.98 Å². The third-order valence-corrected chi connectivity index (χ3v) is 4.70. The Morgan fingerprint density at radius 2 is 1.87 bits per heavy atom. The molecule has 23 heavy (non-hydrogen) atoms. The zero-order valence-electron chi connectivity index (χ0n) is 13.6. The fourth-order valence-electron chi connectivity index (χ4n) is 2.85. The Morgan fingerprint density at radius 3 is 2.61 bits per heavy atom. The quantitative estimate of drug-likeness (QED) is 0.761. The topological polar surface area (TPSA) is 43.8 Å². The third-order valence-electron chi connectivity index (χ3n) is 4.33. The second-order valence-electron chi connectivity index (χ2n) is 6.02. The van der Waals surface area contributed by atoms with Crippen LogP contribution in [0.25, 0.3) is 11.0 Å². The average molecular weight is 328 g/mol. The summed E-state index contributed by atoms with van der Waals surface area (Å²) in [6.07, 6.45) is 1.82. The third kappa shape index (κ3) is 3.26. The molecule has 4 heteroatoms. The molecule has 0 saturated heterocycles. The van der Waals surface area contributed by atoms with Gasteiger partial charge in [-0.05, 0) is 61.7 Å². The van der Waals surface area contributed by atoms with Crippen molar-refractivity contribution in [2.45, 2.75) is 33.2 Å². The molecular weight excluding hydrogens is 306 g/mol. The van der Waals surface area contributed by atoms with Crippen LogP contribution in [-0.2, 0) is 13.0 Å². The van der Waals surface area contributed by atoms with Gasteiger partial charge in [0.25, 0.3) is 0 Å². The van der Waals surface area contributed by atoms with Gasteiger partial charge in [-0.3, -0.25) is 0 Å². The first-order valence-corrected chi connectivity index (χ1v) is 8.38. The van der Waals surface area contributed by atoms with E-state index in [2.05, 4.69) is 36.6 Å². The smallest absolute Gasteiger partial charge is 0.110 e. The maximum atomic E-state index is 6.35. The van der Waals surface area contributed by atoms with Crippen LogP contribution < -0.4 is 5.73 Å². The number of imidazole rings is 1. The predicted octanol–water partition coefficient (Wildman–Crippen LogP) is 4.25. The number of benzene rings is 2. The summed E-state index contributed by atoms with van der Waals surface area (Å²) in [7, 11) is 0. The molecule has 120 valence electrons. The molecule has 0 amide bonds. The minimum absolute atomic E-state index is 0.674. The summed E-state index contributed by atoms with van der Waals surface area (Å²) in [5, 5.41) is 0.794. The molecular formula is C19H22ClN3. The first-order chi connectivity index (χ1) is 11.1. The summed E-state index contributed by atoms with van der Waals surface area (Å²) in [6.45, 7) is 5.68. The number of nitrogens with zero attached hydrogens (tertiary/aromatic N) is 2. The number of aryl methyl sites for hydroxylation is 3. The van der Waals surface area contributed by atoms with E-state index >= 15 is 0 Å². The number of nitrogens with two attached hydrogens (primary N) is 1. The van der Waals surface area contributed by atoms with Crippen molar-refractivity contribution in [3.05, 3.63) is 63.9 Å². The summed E-state index contributed by atoms with van der Waals surface area (Å²) in [6, 6.07) is 12.4. The number of fused-ring (bicyclic) bond motifs is 1. The normalized spacial score (nSPS) is 11.3. The van der Waals surface area contributed by atoms with Crippen molar-refractivity contribution >= 4 is 22.6 Å². The van der Waals surface area contributed by atoms with Crippen LogP contribution in [0.5, 0.6) is 0 Å². The van der Waals surface area contributed by atoms with Gasteiger partial charge in [0, 0.05) is 11.4 Å². The molecule has 1 aromatic heterocycles. The highest BCUT2D eigenvalue weighted by Gasteiger charge is 2.13. The lowest BCUT2D eigenvalue weighted by atomic mass is 10.1. The van der Waals surface area contributed by atoms with E-state index in [9.17, 15) is 0 Å². The molecule has 2 aromatic carbocycles. The van der Waals surface area contributed by atoms with Gasteiger partial charge in [0.1, 0.15) is 5.82 Å². The fourth-order valence-corrected chi connectivity index (χ4v) is 3.05.